The van der Waals surface area contributed by atoms with Crippen LogP contribution in [-0.4, -0.2) is 54.0 Å². The van der Waals surface area contributed by atoms with Crippen molar-refractivity contribution >= 4 is 56.1 Å². The van der Waals surface area contributed by atoms with E-state index in [2.05, 4.69) is 60.5 Å². The average molecular weight is 458 g/mol. The summed E-state index contributed by atoms with van der Waals surface area (Å²) < 4.78 is 1.24. The molecule has 1 aliphatic heterocycles. The van der Waals surface area contributed by atoms with Gasteiger partial charge in [0, 0.05) is 42.4 Å². The van der Waals surface area contributed by atoms with Gasteiger partial charge in [0.15, 0.2) is 5.13 Å². The third kappa shape index (κ3) is 5.31. The molecule has 1 aliphatic rings. The number of nitrogens with zero attached hydrogens (tertiary/aromatic N) is 3. The fourth-order valence-corrected chi connectivity index (χ4v) is 5.93. The van der Waals surface area contributed by atoms with Gasteiger partial charge < -0.3 is 9.80 Å². The number of benzene rings is 2. The first kappa shape index (κ1) is 21.5. The summed E-state index contributed by atoms with van der Waals surface area (Å²) in [7, 11) is 0. The van der Waals surface area contributed by atoms with Crippen molar-refractivity contribution in [3.63, 3.8) is 0 Å². The van der Waals surface area contributed by atoms with Gasteiger partial charge in [-0.05, 0) is 55.7 Å². The molecule has 3 aromatic rings. The van der Waals surface area contributed by atoms with Crippen molar-refractivity contribution in [3.05, 3.63) is 48.0 Å². The Labute approximate surface area is 191 Å². The third-order valence-electron chi connectivity index (χ3n) is 5.31. The minimum absolute atomic E-state index is 0.285. The Balaban J connectivity index is 1.23. The monoisotopic (exact) mass is 457 g/mol. The molecule has 0 bridgehead atoms. The third-order valence-corrected chi connectivity index (χ3v) is 8.21. The number of hydrogen-bond acceptors (Lipinski definition) is 6. The zero-order valence-electron chi connectivity index (χ0n) is 17.5. The van der Waals surface area contributed by atoms with Crippen LogP contribution in [0.4, 0.5) is 5.13 Å². The van der Waals surface area contributed by atoms with Gasteiger partial charge in [-0.15, -0.1) is 23.5 Å². The van der Waals surface area contributed by atoms with Crippen LogP contribution in [-0.2, 0) is 4.79 Å². The van der Waals surface area contributed by atoms with E-state index in [1.54, 1.807) is 23.1 Å². The van der Waals surface area contributed by atoms with Crippen LogP contribution in [0.1, 0.15) is 18.4 Å². The Hall–Kier alpha value is -1.70. The first-order chi connectivity index (χ1) is 14.6. The second-order valence-corrected chi connectivity index (χ2v) is 10.5. The highest BCUT2D eigenvalue weighted by Gasteiger charge is 2.22. The lowest BCUT2D eigenvalue weighted by atomic mass is 10.2. The zero-order chi connectivity index (χ0) is 20.9. The molecule has 1 amide bonds. The van der Waals surface area contributed by atoms with Gasteiger partial charge in [0.1, 0.15) is 0 Å². The van der Waals surface area contributed by atoms with Crippen molar-refractivity contribution in [1.82, 2.24) is 9.88 Å². The normalized spacial score (nSPS) is 14.5. The number of carbonyl (C=O) groups is 1. The van der Waals surface area contributed by atoms with Gasteiger partial charge in [-0.2, -0.15) is 0 Å². The van der Waals surface area contributed by atoms with E-state index < -0.39 is 0 Å². The highest BCUT2D eigenvalue weighted by Crippen LogP contribution is 2.32. The quantitative estimate of drug-likeness (QED) is 0.343. The van der Waals surface area contributed by atoms with Crippen molar-refractivity contribution in [2.24, 2.45) is 0 Å². The summed E-state index contributed by atoms with van der Waals surface area (Å²) >= 11 is 5.35. The number of aromatic nitrogens is 1. The molecule has 158 valence electrons. The standard InChI is InChI=1S/C23H27N3OS3/c1-17-5-7-18(8-6-17)29-15-3-4-22(27)25-11-13-26(14-12-25)23-24-20-10-9-19(28-2)16-21(20)30-23/h5-10,16H,3-4,11-15H2,1-2H3. The van der Waals surface area contributed by atoms with E-state index in [1.807, 2.05) is 16.7 Å². The molecule has 0 spiro atoms. The SMILES string of the molecule is CSc1ccc2nc(N3CCN(C(=O)CCCSc4ccc(C)cc4)CC3)sc2c1. The van der Waals surface area contributed by atoms with Gasteiger partial charge in [0.25, 0.3) is 0 Å². The summed E-state index contributed by atoms with van der Waals surface area (Å²) in [5.41, 5.74) is 2.35. The number of rotatable bonds is 7. The zero-order valence-corrected chi connectivity index (χ0v) is 19.9. The second kappa shape index (κ2) is 10.1. The number of hydrogen-bond donors (Lipinski definition) is 0. The number of carbonyl (C=O) groups excluding carboxylic acids is 1. The van der Waals surface area contributed by atoms with Gasteiger partial charge in [-0.3, -0.25) is 4.79 Å². The van der Waals surface area contributed by atoms with Crippen LogP contribution in [0.3, 0.4) is 0 Å². The van der Waals surface area contributed by atoms with E-state index >= 15 is 0 Å². The number of thiazole rings is 1. The van der Waals surface area contributed by atoms with Crippen molar-refractivity contribution in [2.45, 2.75) is 29.6 Å². The van der Waals surface area contributed by atoms with Crippen LogP contribution in [0.15, 0.2) is 52.3 Å². The van der Waals surface area contributed by atoms with Crippen molar-refractivity contribution in [2.75, 3.05) is 43.1 Å². The minimum atomic E-state index is 0.285. The molecule has 30 heavy (non-hydrogen) atoms. The Morgan fingerprint density at radius 3 is 2.53 bits per heavy atom. The van der Waals surface area contributed by atoms with E-state index in [-0.39, 0.29) is 5.91 Å². The summed E-state index contributed by atoms with van der Waals surface area (Å²) in [4.78, 5) is 24.3. The van der Waals surface area contributed by atoms with Gasteiger partial charge in [0.2, 0.25) is 5.91 Å². The highest BCUT2D eigenvalue weighted by atomic mass is 32.2. The Kier molecular flexibility index (Phi) is 7.23. The summed E-state index contributed by atoms with van der Waals surface area (Å²) in [6, 6.07) is 15.0. The van der Waals surface area contributed by atoms with Crippen LogP contribution in [0.25, 0.3) is 10.2 Å². The minimum Gasteiger partial charge on any atom is -0.345 e. The van der Waals surface area contributed by atoms with Crippen LogP contribution >= 0.6 is 34.9 Å². The fourth-order valence-electron chi connectivity index (χ4n) is 3.51. The second-order valence-electron chi connectivity index (χ2n) is 7.46. The Morgan fingerprint density at radius 2 is 1.80 bits per heavy atom. The highest BCUT2D eigenvalue weighted by molar-refractivity contribution is 7.99. The summed E-state index contributed by atoms with van der Waals surface area (Å²) in [6.07, 6.45) is 3.66. The van der Waals surface area contributed by atoms with Crippen LogP contribution in [0, 0.1) is 6.92 Å². The average Bonchev–Trinajstić information content (AvgIpc) is 3.21. The number of anilines is 1. The molecule has 0 unspecified atom stereocenters. The summed E-state index contributed by atoms with van der Waals surface area (Å²) in [5.74, 6) is 1.27. The molecule has 1 fully saturated rings. The largest absolute Gasteiger partial charge is 0.345 e. The number of piperazine rings is 1. The number of fused-ring (bicyclic) bond motifs is 1. The molecule has 4 nitrogen and oxygen atoms in total. The van der Waals surface area contributed by atoms with Gasteiger partial charge in [-0.25, -0.2) is 4.98 Å². The Bertz CT molecular complexity index is 995. The van der Waals surface area contributed by atoms with Crippen molar-refractivity contribution in [3.8, 4) is 0 Å². The Morgan fingerprint density at radius 1 is 1.07 bits per heavy atom. The molecular weight excluding hydrogens is 430 g/mol. The van der Waals surface area contributed by atoms with Gasteiger partial charge in [-0.1, -0.05) is 29.0 Å². The van der Waals surface area contributed by atoms with Gasteiger partial charge in [0.05, 0.1) is 10.2 Å². The maximum absolute atomic E-state index is 12.6. The van der Waals surface area contributed by atoms with E-state index in [9.17, 15) is 4.79 Å². The number of amides is 1. The molecule has 0 atom stereocenters. The molecule has 1 aromatic heterocycles. The van der Waals surface area contributed by atoms with E-state index in [1.165, 1.54) is 20.1 Å². The van der Waals surface area contributed by atoms with Crippen molar-refractivity contribution < 1.29 is 4.79 Å². The topological polar surface area (TPSA) is 36.4 Å². The fraction of sp³-hybridized carbons (Fsp3) is 0.391. The molecule has 4 rings (SSSR count). The smallest absolute Gasteiger partial charge is 0.222 e. The first-order valence-corrected chi connectivity index (χ1v) is 13.3. The molecule has 1 saturated heterocycles. The number of aryl methyl sites for hydroxylation is 1. The van der Waals surface area contributed by atoms with E-state index in [0.29, 0.717) is 6.42 Å². The summed E-state index contributed by atoms with van der Waals surface area (Å²) in [5, 5.41) is 1.07. The van der Waals surface area contributed by atoms with Crippen LogP contribution in [0.5, 0.6) is 0 Å². The molecule has 7 heteroatoms. The van der Waals surface area contributed by atoms with E-state index in [0.717, 1.165) is 49.0 Å². The van der Waals surface area contributed by atoms with Crippen LogP contribution in [0.2, 0.25) is 0 Å². The molecule has 2 heterocycles. The predicted molar refractivity (Wildman–Crippen MR) is 131 cm³/mol. The lowest BCUT2D eigenvalue weighted by Crippen LogP contribution is -2.48. The maximum atomic E-state index is 12.6. The lowest BCUT2D eigenvalue weighted by Gasteiger charge is -2.34. The molecule has 0 aliphatic carbocycles. The predicted octanol–water partition coefficient (Wildman–Crippen LogP) is 5.55. The molecule has 0 radical (unpaired) electrons. The number of thioether (sulfide) groups is 2. The maximum Gasteiger partial charge on any atom is 0.222 e. The molecular formula is C23H27N3OS3. The molecule has 2 aromatic carbocycles. The van der Waals surface area contributed by atoms with E-state index in [4.69, 9.17) is 4.98 Å². The van der Waals surface area contributed by atoms with Crippen molar-refractivity contribution in [1.29, 1.82) is 0 Å². The molecule has 0 N–H and O–H groups in total. The lowest BCUT2D eigenvalue weighted by molar-refractivity contribution is -0.131. The summed E-state index contributed by atoms with van der Waals surface area (Å²) in [6.45, 7) is 5.40. The van der Waals surface area contributed by atoms with Crippen LogP contribution < -0.4 is 4.90 Å². The molecule has 0 saturated carbocycles. The van der Waals surface area contributed by atoms with Gasteiger partial charge >= 0.3 is 0 Å². The first-order valence-electron chi connectivity index (χ1n) is 10.3.